The van der Waals surface area contributed by atoms with Crippen molar-refractivity contribution in [1.29, 1.82) is 0 Å². The van der Waals surface area contributed by atoms with Crippen LogP contribution in [0.1, 0.15) is 0 Å². The van der Waals surface area contributed by atoms with E-state index >= 15 is 0 Å². The van der Waals surface area contributed by atoms with Crippen LogP contribution in [0.2, 0.25) is 0 Å². The molecule has 0 atom stereocenters. The van der Waals surface area contributed by atoms with Crippen LogP contribution in [0.3, 0.4) is 0 Å². The monoisotopic (exact) mass is 304 g/mol. The molecule has 0 fully saturated rings. The second kappa shape index (κ2) is 3.90. The number of aryl methyl sites for hydroxylation is 1. The third-order valence-electron chi connectivity index (χ3n) is 3.13. The fourth-order valence-electron chi connectivity index (χ4n) is 2.10. The molecule has 0 bridgehead atoms. The van der Waals surface area contributed by atoms with Crippen LogP contribution in [0.15, 0.2) is 27.1 Å². The van der Waals surface area contributed by atoms with E-state index in [0.29, 0.717) is 17.0 Å². The van der Waals surface area contributed by atoms with Gasteiger partial charge >= 0.3 is 5.69 Å². The van der Waals surface area contributed by atoms with Gasteiger partial charge in [-0.05, 0) is 17.5 Å². The maximum absolute atomic E-state index is 11.8. The first-order valence-electron chi connectivity index (χ1n) is 5.80. The maximum Gasteiger partial charge on any atom is 0.329 e. The Labute approximate surface area is 119 Å². The molecule has 0 unspecified atom stereocenters. The zero-order valence-corrected chi connectivity index (χ0v) is 11.9. The van der Waals surface area contributed by atoms with E-state index in [1.54, 1.807) is 29.7 Å². The smallest absolute Gasteiger partial charge is 0.329 e. The number of thiophene rings is 2. The van der Waals surface area contributed by atoms with E-state index in [9.17, 15) is 9.59 Å². The minimum Gasteiger partial charge on any atom is -0.331 e. The van der Waals surface area contributed by atoms with Crippen molar-refractivity contribution < 1.29 is 0 Å². The summed E-state index contributed by atoms with van der Waals surface area (Å²) in [5, 5.41) is 2.04. The normalized spacial score (nSPS) is 11.7. The minimum atomic E-state index is -0.465. The summed E-state index contributed by atoms with van der Waals surface area (Å²) in [5.74, 6) is 0.611. The lowest BCUT2D eigenvalue weighted by Crippen LogP contribution is -2.28. The fraction of sp³-hybridized carbons (Fsp3) is 0.0833. The van der Waals surface area contributed by atoms with Gasteiger partial charge in [-0.25, -0.2) is 9.78 Å². The Morgan fingerprint density at radius 2 is 2.10 bits per heavy atom. The van der Waals surface area contributed by atoms with Gasteiger partial charge in [-0.15, -0.1) is 22.7 Å². The Kier molecular flexibility index (Phi) is 2.27. The van der Waals surface area contributed by atoms with Gasteiger partial charge in [0.25, 0.3) is 5.56 Å². The fourth-order valence-corrected chi connectivity index (χ4v) is 4.16. The predicted molar refractivity (Wildman–Crippen MR) is 80.7 cm³/mol. The lowest BCUT2D eigenvalue weighted by molar-refractivity contribution is 0.832. The molecule has 0 amide bonds. The van der Waals surface area contributed by atoms with E-state index in [1.807, 2.05) is 11.4 Å². The number of hydrogen-bond acceptors (Lipinski definition) is 5. The first-order valence-corrected chi connectivity index (χ1v) is 7.49. The summed E-state index contributed by atoms with van der Waals surface area (Å²) in [6, 6.07) is 4.09. The molecule has 0 saturated heterocycles. The molecule has 0 saturated carbocycles. The molecule has 0 aliphatic rings. The van der Waals surface area contributed by atoms with Crippen LogP contribution in [0.25, 0.3) is 31.3 Å². The number of H-pyrrole nitrogens is 2. The average molecular weight is 304 g/mol. The van der Waals surface area contributed by atoms with Crippen molar-refractivity contribution in [3.05, 3.63) is 38.4 Å². The quantitative estimate of drug-likeness (QED) is 0.563. The maximum atomic E-state index is 11.8. The highest BCUT2D eigenvalue weighted by Gasteiger charge is 2.14. The molecule has 0 radical (unpaired) electrons. The van der Waals surface area contributed by atoms with Gasteiger partial charge in [-0.2, -0.15) is 0 Å². The van der Waals surface area contributed by atoms with Crippen LogP contribution in [-0.2, 0) is 7.05 Å². The van der Waals surface area contributed by atoms with Crippen molar-refractivity contribution in [3.8, 4) is 10.7 Å². The van der Waals surface area contributed by atoms with Gasteiger partial charge in [-0.3, -0.25) is 14.3 Å². The highest BCUT2D eigenvalue weighted by molar-refractivity contribution is 7.28. The number of imidazole rings is 1. The Hall–Kier alpha value is -2.19. The summed E-state index contributed by atoms with van der Waals surface area (Å²) < 4.78 is 3.70. The third-order valence-corrected chi connectivity index (χ3v) is 5.23. The molecule has 4 aromatic heterocycles. The highest BCUT2D eigenvalue weighted by Crippen LogP contribution is 2.35. The first kappa shape index (κ1) is 11.6. The van der Waals surface area contributed by atoms with Crippen LogP contribution in [-0.4, -0.2) is 19.5 Å². The number of nitrogens with one attached hydrogen (secondary N) is 2. The predicted octanol–water partition coefficient (Wildman–Crippen LogP) is 1.89. The van der Waals surface area contributed by atoms with Gasteiger partial charge in [0.15, 0.2) is 11.5 Å². The van der Waals surface area contributed by atoms with Gasteiger partial charge in [0.1, 0.15) is 5.52 Å². The lowest BCUT2D eigenvalue weighted by Gasteiger charge is -1.94. The molecule has 4 heterocycles. The Morgan fingerprint density at radius 1 is 1.25 bits per heavy atom. The van der Waals surface area contributed by atoms with Crippen LogP contribution in [0.5, 0.6) is 0 Å². The van der Waals surface area contributed by atoms with Gasteiger partial charge in [0.2, 0.25) is 0 Å². The number of rotatable bonds is 1. The summed E-state index contributed by atoms with van der Waals surface area (Å²) in [4.78, 5) is 33.9. The van der Waals surface area contributed by atoms with Crippen LogP contribution < -0.4 is 11.2 Å². The van der Waals surface area contributed by atoms with Crippen molar-refractivity contribution >= 4 is 43.2 Å². The summed E-state index contributed by atoms with van der Waals surface area (Å²) in [6.45, 7) is 0. The standard InChI is InChI=1S/C12H8N4O2S2/c1-16-10-8(11(17)15-12(16)18)13-9(14-10)7-4-6-5(20-7)2-3-19-6/h2-4H,1H3,(H,13,14)(H,15,17,18). The second-order valence-electron chi connectivity index (χ2n) is 4.36. The molecular formula is C12H8N4O2S2. The van der Waals surface area contributed by atoms with Crippen molar-refractivity contribution in [2.45, 2.75) is 0 Å². The van der Waals surface area contributed by atoms with Gasteiger partial charge in [0, 0.05) is 16.4 Å². The number of hydrogen-bond donors (Lipinski definition) is 2. The average Bonchev–Trinajstić information content (AvgIpc) is 3.08. The molecule has 8 heteroatoms. The van der Waals surface area contributed by atoms with E-state index in [2.05, 4.69) is 21.0 Å². The minimum absolute atomic E-state index is 0.318. The molecule has 0 spiro atoms. The zero-order chi connectivity index (χ0) is 13.9. The van der Waals surface area contributed by atoms with Gasteiger partial charge in [0.05, 0.1) is 4.88 Å². The number of fused-ring (bicyclic) bond motifs is 2. The van der Waals surface area contributed by atoms with Crippen LogP contribution in [0, 0.1) is 0 Å². The molecule has 20 heavy (non-hydrogen) atoms. The first-order chi connectivity index (χ1) is 9.63. The SMILES string of the molecule is Cn1c(=O)[nH]c(=O)c2[nH]c(-c3cc4sccc4s3)nc21. The van der Waals surface area contributed by atoms with E-state index in [4.69, 9.17) is 0 Å². The summed E-state index contributed by atoms with van der Waals surface area (Å²) in [5.41, 5.74) is -0.225. The number of aromatic nitrogens is 4. The van der Waals surface area contributed by atoms with Crippen LogP contribution in [0.4, 0.5) is 0 Å². The molecule has 4 rings (SSSR count). The second-order valence-corrected chi connectivity index (χ2v) is 6.39. The van der Waals surface area contributed by atoms with E-state index < -0.39 is 11.2 Å². The van der Waals surface area contributed by atoms with E-state index in [-0.39, 0.29) is 0 Å². The molecule has 100 valence electrons. The van der Waals surface area contributed by atoms with E-state index in [0.717, 1.165) is 4.88 Å². The van der Waals surface area contributed by atoms with Crippen molar-refractivity contribution in [2.24, 2.45) is 7.05 Å². The summed E-state index contributed by atoms with van der Waals surface area (Å²) in [7, 11) is 1.58. The topological polar surface area (TPSA) is 83.5 Å². The molecule has 6 nitrogen and oxygen atoms in total. The van der Waals surface area contributed by atoms with Crippen molar-refractivity contribution in [1.82, 2.24) is 19.5 Å². The molecule has 0 aromatic carbocycles. The number of nitrogens with zero attached hydrogens (tertiary/aromatic N) is 2. The van der Waals surface area contributed by atoms with Crippen molar-refractivity contribution in [3.63, 3.8) is 0 Å². The molecule has 0 aliphatic carbocycles. The zero-order valence-electron chi connectivity index (χ0n) is 10.3. The molecule has 2 N–H and O–H groups in total. The highest BCUT2D eigenvalue weighted by atomic mass is 32.1. The molecular weight excluding hydrogens is 296 g/mol. The summed E-state index contributed by atoms with van der Waals surface area (Å²) >= 11 is 3.27. The Bertz CT molecular complexity index is 1030. The van der Waals surface area contributed by atoms with Gasteiger partial charge < -0.3 is 4.98 Å². The number of aromatic amines is 2. The van der Waals surface area contributed by atoms with Crippen LogP contribution >= 0.6 is 22.7 Å². The third kappa shape index (κ3) is 1.52. The van der Waals surface area contributed by atoms with E-state index in [1.165, 1.54) is 14.0 Å². The Balaban J connectivity index is 2.04. The molecule has 0 aliphatic heterocycles. The Morgan fingerprint density at radius 3 is 2.90 bits per heavy atom. The van der Waals surface area contributed by atoms with Gasteiger partial charge in [-0.1, -0.05) is 0 Å². The van der Waals surface area contributed by atoms with Crippen molar-refractivity contribution in [2.75, 3.05) is 0 Å². The summed E-state index contributed by atoms with van der Waals surface area (Å²) in [6.07, 6.45) is 0. The molecule has 4 aromatic rings. The largest absolute Gasteiger partial charge is 0.331 e. The lowest BCUT2D eigenvalue weighted by atomic mass is 10.4.